The normalized spacial score (nSPS) is 10.9. The van der Waals surface area contributed by atoms with E-state index in [-0.39, 0.29) is 11.9 Å². The molecule has 0 bridgehead atoms. The highest BCUT2D eigenvalue weighted by molar-refractivity contribution is 5.99. The second kappa shape index (κ2) is 6.04. The van der Waals surface area contributed by atoms with Gasteiger partial charge in [0.15, 0.2) is 0 Å². The van der Waals surface area contributed by atoms with Gasteiger partial charge in [0, 0.05) is 11.7 Å². The maximum Gasteiger partial charge on any atom is 0.256 e. The number of aryl methyl sites for hydroxylation is 2. The van der Waals surface area contributed by atoms with Crippen LogP contribution in [0.15, 0.2) is 34.7 Å². The van der Waals surface area contributed by atoms with Crippen molar-refractivity contribution in [1.29, 1.82) is 0 Å². The fraction of sp³-hybridized carbons (Fsp3) is 0.353. The van der Waals surface area contributed by atoms with E-state index in [9.17, 15) is 4.79 Å². The zero-order chi connectivity index (χ0) is 15.6. The first-order valence-corrected chi connectivity index (χ1v) is 7.11. The Kier molecular flexibility index (Phi) is 4.36. The molecule has 21 heavy (non-hydrogen) atoms. The maximum absolute atomic E-state index is 12.8. The minimum atomic E-state index is -0.0692. The lowest BCUT2D eigenvalue weighted by Gasteiger charge is -2.26. The van der Waals surface area contributed by atoms with Crippen LogP contribution in [0.3, 0.4) is 0 Å². The Hall–Kier alpha value is -2.23. The zero-order valence-electron chi connectivity index (χ0n) is 13.0. The molecule has 2 rings (SSSR count). The van der Waals surface area contributed by atoms with E-state index < -0.39 is 0 Å². The van der Waals surface area contributed by atoms with Gasteiger partial charge in [-0.1, -0.05) is 11.6 Å². The predicted octanol–water partition coefficient (Wildman–Crippen LogP) is 3.53. The Morgan fingerprint density at radius 3 is 2.52 bits per heavy atom. The van der Waals surface area contributed by atoms with Gasteiger partial charge in [-0.3, -0.25) is 4.79 Å². The molecular formula is C17H22N2O2. The van der Waals surface area contributed by atoms with Crippen molar-refractivity contribution in [2.45, 2.75) is 40.3 Å². The monoisotopic (exact) mass is 286 g/mol. The van der Waals surface area contributed by atoms with Crippen molar-refractivity contribution in [1.82, 2.24) is 4.90 Å². The van der Waals surface area contributed by atoms with Crippen molar-refractivity contribution in [3.8, 4) is 0 Å². The largest absolute Gasteiger partial charge is 0.464 e. The average molecular weight is 286 g/mol. The molecule has 2 N–H and O–H groups in total. The van der Waals surface area contributed by atoms with Crippen LogP contribution in [-0.2, 0) is 6.54 Å². The molecule has 4 heteroatoms. The van der Waals surface area contributed by atoms with Gasteiger partial charge in [-0.25, -0.2) is 0 Å². The summed E-state index contributed by atoms with van der Waals surface area (Å²) >= 11 is 0. The number of carbonyl (C=O) groups excluding carboxylic acids is 1. The van der Waals surface area contributed by atoms with Crippen LogP contribution in [0.5, 0.6) is 0 Å². The van der Waals surface area contributed by atoms with Gasteiger partial charge in [0.1, 0.15) is 11.5 Å². The van der Waals surface area contributed by atoms with E-state index in [1.54, 1.807) is 11.0 Å². The number of nitrogens with zero attached hydrogens (tertiary/aromatic N) is 1. The van der Waals surface area contributed by atoms with Crippen LogP contribution in [0, 0.1) is 13.8 Å². The first-order chi connectivity index (χ1) is 9.88. The lowest BCUT2D eigenvalue weighted by Crippen LogP contribution is -2.36. The van der Waals surface area contributed by atoms with E-state index in [1.165, 1.54) is 0 Å². The van der Waals surface area contributed by atoms with E-state index >= 15 is 0 Å². The van der Waals surface area contributed by atoms with Crippen molar-refractivity contribution in [3.63, 3.8) is 0 Å². The SMILES string of the molecule is Cc1ccc(N)c(C(=O)N(Cc2ccc(C)o2)C(C)C)c1. The highest BCUT2D eigenvalue weighted by Gasteiger charge is 2.22. The summed E-state index contributed by atoms with van der Waals surface area (Å²) in [4.78, 5) is 14.5. The number of amides is 1. The molecule has 0 aliphatic rings. The van der Waals surface area contributed by atoms with Crippen LogP contribution >= 0.6 is 0 Å². The number of rotatable bonds is 4. The van der Waals surface area contributed by atoms with Crippen molar-refractivity contribution in [2.75, 3.05) is 5.73 Å². The molecule has 0 aliphatic carbocycles. The Labute approximate surface area is 125 Å². The molecule has 0 spiro atoms. The lowest BCUT2D eigenvalue weighted by atomic mass is 10.1. The molecule has 0 fully saturated rings. The summed E-state index contributed by atoms with van der Waals surface area (Å²) in [7, 11) is 0. The minimum absolute atomic E-state index is 0.0582. The second-order valence-corrected chi connectivity index (χ2v) is 5.63. The van der Waals surface area contributed by atoms with Crippen molar-refractivity contribution < 1.29 is 9.21 Å². The van der Waals surface area contributed by atoms with Crippen molar-refractivity contribution in [3.05, 3.63) is 53.0 Å². The number of nitrogen functional groups attached to an aromatic ring is 1. The summed E-state index contributed by atoms with van der Waals surface area (Å²) in [6.45, 7) is 8.26. The third-order valence-corrected chi connectivity index (χ3v) is 3.45. The molecule has 1 aromatic heterocycles. The molecule has 0 saturated carbocycles. The minimum Gasteiger partial charge on any atom is -0.464 e. The summed E-state index contributed by atoms with van der Waals surface area (Å²) in [6.07, 6.45) is 0. The third kappa shape index (κ3) is 3.45. The molecular weight excluding hydrogens is 264 g/mol. The fourth-order valence-electron chi connectivity index (χ4n) is 2.24. The van der Waals surface area contributed by atoms with Crippen LogP contribution in [0.2, 0.25) is 0 Å². The molecule has 1 amide bonds. The lowest BCUT2D eigenvalue weighted by molar-refractivity contribution is 0.0676. The van der Waals surface area contributed by atoms with E-state index in [2.05, 4.69) is 0 Å². The molecule has 1 heterocycles. The quantitative estimate of drug-likeness (QED) is 0.875. The van der Waals surface area contributed by atoms with Gasteiger partial charge in [0.2, 0.25) is 0 Å². The van der Waals surface area contributed by atoms with Gasteiger partial charge < -0.3 is 15.1 Å². The standard InChI is InChI=1S/C17H22N2O2/c1-11(2)19(10-14-7-6-13(4)21-14)17(20)15-9-12(3)5-8-16(15)18/h5-9,11H,10,18H2,1-4H3. The molecule has 0 radical (unpaired) electrons. The third-order valence-electron chi connectivity index (χ3n) is 3.45. The van der Waals surface area contributed by atoms with E-state index in [0.717, 1.165) is 17.1 Å². The Balaban J connectivity index is 2.29. The number of furan rings is 1. The van der Waals surface area contributed by atoms with Crippen LogP contribution in [-0.4, -0.2) is 16.8 Å². The molecule has 1 aromatic carbocycles. The number of benzene rings is 1. The van der Waals surface area contributed by atoms with Crippen molar-refractivity contribution in [2.24, 2.45) is 0 Å². The molecule has 2 aromatic rings. The van der Waals surface area contributed by atoms with Gasteiger partial charge in [-0.2, -0.15) is 0 Å². The summed E-state index contributed by atoms with van der Waals surface area (Å²) in [6, 6.07) is 9.37. The van der Waals surface area contributed by atoms with Gasteiger partial charge in [0.25, 0.3) is 5.91 Å². The van der Waals surface area contributed by atoms with Crippen LogP contribution < -0.4 is 5.73 Å². The maximum atomic E-state index is 12.8. The Morgan fingerprint density at radius 2 is 1.95 bits per heavy atom. The summed E-state index contributed by atoms with van der Waals surface area (Å²) in [5.41, 5.74) is 8.03. The number of hydrogen-bond acceptors (Lipinski definition) is 3. The highest BCUT2D eigenvalue weighted by Crippen LogP contribution is 2.20. The van der Waals surface area contributed by atoms with Crippen LogP contribution in [0.25, 0.3) is 0 Å². The first kappa shape index (κ1) is 15.2. The number of hydrogen-bond donors (Lipinski definition) is 1. The highest BCUT2D eigenvalue weighted by atomic mass is 16.3. The second-order valence-electron chi connectivity index (χ2n) is 5.63. The predicted molar refractivity (Wildman–Crippen MR) is 84.0 cm³/mol. The number of carbonyl (C=O) groups is 1. The summed E-state index contributed by atoms with van der Waals surface area (Å²) in [5.74, 6) is 1.55. The van der Waals surface area contributed by atoms with Gasteiger partial charge >= 0.3 is 0 Å². The van der Waals surface area contributed by atoms with E-state index in [0.29, 0.717) is 17.8 Å². The first-order valence-electron chi connectivity index (χ1n) is 7.11. The molecule has 0 atom stereocenters. The average Bonchev–Trinajstić information content (AvgIpc) is 2.83. The topological polar surface area (TPSA) is 59.5 Å². The van der Waals surface area contributed by atoms with Crippen LogP contribution in [0.1, 0.15) is 41.3 Å². The Bertz CT molecular complexity index is 644. The zero-order valence-corrected chi connectivity index (χ0v) is 13.0. The number of nitrogens with two attached hydrogens (primary N) is 1. The fourth-order valence-corrected chi connectivity index (χ4v) is 2.24. The molecule has 0 saturated heterocycles. The van der Waals surface area contributed by atoms with Crippen molar-refractivity contribution >= 4 is 11.6 Å². The molecule has 0 aliphatic heterocycles. The van der Waals surface area contributed by atoms with E-state index in [4.69, 9.17) is 10.2 Å². The molecule has 112 valence electrons. The summed E-state index contributed by atoms with van der Waals surface area (Å²) < 4.78 is 5.58. The summed E-state index contributed by atoms with van der Waals surface area (Å²) in [5, 5.41) is 0. The molecule has 0 unspecified atom stereocenters. The Morgan fingerprint density at radius 1 is 1.24 bits per heavy atom. The van der Waals surface area contributed by atoms with Gasteiger partial charge in [-0.05, 0) is 52.0 Å². The smallest absolute Gasteiger partial charge is 0.256 e. The van der Waals surface area contributed by atoms with Gasteiger partial charge in [-0.15, -0.1) is 0 Å². The molecule has 4 nitrogen and oxygen atoms in total. The van der Waals surface area contributed by atoms with E-state index in [1.807, 2.05) is 52.0 Å². The van der Waals surface area contributed by atoms with Crippen LogP contribution in [0.4, 0.5) is 5.69 Å². The number of anilines is 1. The van der Waals surface area contributed by atoms with Gasteiger partial charge in [0.05, 0.1) is 12.1 Å².